The van der Waals surface area contributed by atoms with Crippen LogP contribution in [0.25, 0.3) is 0 Å². The molecule has 0 aromatic carbocycles. The summed E-state index contributed by atoms with van der Waals surface area (Å²) in [4.78, 5) is 17.1. The second-order valence-electron chi connectivity index (χ2n) is 10.2. The van der Waals surface area contributed by atoms with Crippen LogP contribution in [0.1, 0.15) is 110 Å². The average Bonchev–Trinajstić information content (AvgIpc) is 2.90. The Morgan fingerprint density at radius 3 is 1.78 bits per heavy atom. The van der Waals surface area contributed by atoms with Gasteiger partial charge in [0, 0.05) is 6.42 Å². The van der Waals surface area contributed by atoms with E-state index in [1.807, 2.05) is 0 Å². The zero-order valence-corrected chi connectivity index (χ0v) is 22.8. The molecule has 10 nitrogen and oxygen atoms in total. The van der Waals surface area contributed by atoms with Crippen LogP contribution in [0.5, 0.6) is 0 Å². The summed E-state index contributed by atoms with van der Waals surface area (Å²) in [6.45, 7) is 0.960. The van der Waals surface area contributed by atoms with Crippen LogP contribution in [0.4, 0.5) is 0 Å². The predicted octanol–water partition coefficient (Wildman–Crippen LogP) is 2.47. The highest BCUT2D eigenvalue weighted by Crippen LogP contribution is 2.23. The maximum atomic E-state index is 12.0. The molecule has 0 aliphatic carbocycles. The van der Waals surface area contributed by atoms with Gasteiger partial charge in [-0.15, -0.1) is 0 Å². The summed E-state index contributed by atoms with van der Waals surface area (Å²) < 4.78 is 10.6. The summed E-state index contributed by atoms with van der Waals surface area (Å²) >= 11 is 0. The van der Waals surface area contributed by atoms with E-state index >= 15 is 0 Å². The minimum Gasteiger partial charge on any atom is -0.394 e. The summed E-state index contributed by atoms with van der Waals surface area (Å²) in [6.07, 6.45) is 11.1. The number of carbonyl (C=O) groups is 1. The minimum atomic E-state index is -1.58. The van der Waals surface area contributed by atoms with E-state index in [1.165, 1.54) is 77.0 Å². The molecule has 1 rings (SSSR count). The Morgan fingerprint density at radius 1 is 0.784 bits per heavy atom. The highest BCUT2D eigenvalue weighted by molar-refractivity contribution is 5.74. The molecule has 220 valence electrons. The van der Waals surface area contributed by atoms with Crippen molar-refractivity contribution in [1.29, 1.82) is 0 Å². The monoisotopic (exact) mass is 535 g/mol. The van der Waals surface area contributed by atoms with Crippen LogP contribution >= 0.6 is 0 Å². The fourth-order valence-electron chi connectivity index (χ4n) is 4.43. The molecule has 0 bridgehead atoms. The number of hydroxylamine groups is 1. The molecule has 0 aromatic rings. The van der Waals surface area contributed by atoms with Crippen molar-refractivity contribution in [2.24, 2.45) is 0 Å². The highest BCUT2D eigenvalue weighted by atomic mass is 16.7. The molecule has 1 heterocycles. The SMILES string of the molecule is CCCCCCCCCCCCCCCCCC(=O)NOCC(CO)O[C@@H]1O[C@H](CO)[C@@H](O)[C@H](O)[C@H]1O. The first-order valence-corrected chi connectivity index (χ1v) is 14.4. The molecule has 6 atom stereocenters. The molecular weight excluding hydrogens is 482 g/mol. The molecule has 0 saturated carbocycles. The van der Waals surface area contributed by atoms with Crippen molar-refractivity contribution < 1.29 is 44.6 Å². The topological polar surface area (TPSA) is 158 Å². The highest BCUT2D eigenvalue weighted by Gasteiger charge is 2.44. The van der Waals surface area contributed by atoms with Crippen LogP contribution in [-0.4, -0.2) is 88.1 Å². The molecular formula is C27H53NO9. The molecule has 0 aromatic heterocycles. The van der Waals surface area contributed by atoms with E-state index in [-0.39, 0.29) is 12.5 Å². The molecule has 1 fully saturated rings. The van der Waals surface area contributed by atoms with Crippen molar-refractivity contribution >= 4 is 5.91 Å². The normalized spacial score (nSPS) is 24.8. The van der Waals surface area contributed by atoms with E-state index < -0.39 is 50.0 Å². The van der Waals surface area contributed by atoms with Gasteiger partial charge in [0.05, 0.1) is 13.2 Å². The predicted molar refractivity (Wildman–Crippen MR) is 139 cm³/mol. The minimum absolute atomic E-state index is 0.212. The zero-order chi connectivity index (χ0) is 27.3. The largest absolute Gasteiger partial charge is 0.394 e. The summed E-state index contributed by atoms with van der Waals surface area (Å²) in [5.74, 6) is -0.265. The Morgan fingerprint density at radius 2 is 1.30 bits per heavy atom. The molecule has 1 unspecified atom stereocenters. The van der Waals surface area contributed by atoms with Gasteiger partial charge in [-0.05, 0) is 6.42 Å². The third-order valence-electron chi connectivity index (χ3n) is 6.84. The third kappa shape index (κ3) is 15.4. The lowest BCUT2D eigenvalue weighted by Crippen LogP contribution is -2.60. The first-order chi connectivity index (χ1) is 17.9. The molecule has 1 aliphatic rings. The lowest BCUT2D eigenvalue weighted by molar-refractivity contribution is -0.316. The molecule has 1 aliphatic heterocycles. The number of hydrogen-bond donors (Lipinski definition) is 6. The lowest BCUT2D eigenvalue weighted by atomic mass is 9.99. The van der Waals surface area contributed by atoms with Gasteiger partial charge in [-0.3, -0.25) is 9.63 Å². The van der Waals surface area contributed by atoms with Gasteiger partial charge in [0.15, 0.2) is 6.29 Å². The van der Waals surface area contributed by atoms with Crippen molar-refractivity contribution in [2.75, 3.05) is 19.8 Å². The molecule has 0 spiro atoms. The van der Waals surface area contributed by atoms with Gasteiger partial charge < -0.3 is 35.0 Å². The van der Waals surface area contributed by atoms with Crippen LogP contribution in [0, 0.1) is 0 Å². The van der Waals surface area contributed by atoms with Crippen molar-refractivity contribution in [3.63, 3.8) is 0 Å². The lowest BCUT2D eigenvalue weighted by Gasteiger charge is -2.40. The number of amides is 1. The van der Waals surface area contributed by atoms with Gasteiger partial charge in [-0.1, -0.05) is 96.8 Å². The summed E-state index contributed by atoms with van der Waals surface area (Å²) in [6, 6.07) is 0. The quantitative estimate of drug-likeness (QED) is 0.0854. The van der Waals surface area contributed by atoms with Crippen LogP contribution < -0.4 is 5.48 Å². The van der Waals surface area contributed by atoms with E-state index in [4.69, 9.17) is 14.3 Å². The number of ether oxygens (including phenoxy) is 2. The van der Waals surface area contributed by atoms with Gasteiger partial charge >= 0.3 is 0 Å². The van der Waals surface area contributed by atoms with E-state index in [2.05, 4.69) is 12.4 Å². The third-order valence-corrected chi connectivity index (χ3v) is 6.84. The molecule has 1 amide bonds. The van der Waals surface area contributed by atoms with E-state index in [9.17, 15) is 30.3 Å². The Labute approximate surface area is 222 Å². The van der Waals surface area contributed by atoms with Crippen molar-refractivity contribution in [3.8, 4) is 0 Å². The Hall–Kier alpha value is -0.850. The summed E-state index contributed by atoms with van der Waals surface area (Å²) in [7, 11) is 0. The summed E-state index contributed by atoms with van der Waals surface area (Å²) in [5.41, 5.74) is 2.32. The maximum absolute atomic E-state index is 12.0. The summed E-state index contributed by atoms with van der Waals surface area (Å²) in [5, 5.41) is 48.3. The van der Waals surface area contributed by atoms with Crippen molar-refractivity contribution in [1.82, 2.24) is 5.48 Å². The molecule has 10 heteroatoms. The number of aliphatic hydroxyl groups excluding tert-OH is 5. The zero-order valence-electron chi connectivity index (χ0n) is 22.8. The average molecular weight is 536 g/mol. The molecule has 6 N–H and O–H groups in total. The van der Waals surface area contributed by atoms with Gasteiger partial charge in [0.1, 0.15) is 37.1 Å². The second kappa shape index (κ2) is 22.0. The Kier molecular flexibility index (Phi) is 20.3. The van der Waals surface area contributed by atoms with Gasteiger partial charge in [0.25, 0.3) is 0 Å². The fourth-order valence-corrected chi connectivity index (χ4v) is 4.43. The van der Waals surface area contributed by atoms with Gasteiger partial charge in [-0.25, -0.2) is 5.48 Å². The van der Waals surface area contributed by atoms with E-state index in [0.29, 0.717) is 6.42 Å². The first kappa shape index (κ1) is 34.2. The Balaban J connectivity index is 2.00. The van der Waals surface area contributed by atoms with Crippen LogP contribution in [0.15, 0.2) is 0 Å². The van der Waals surface area contributed by atoms with Crippen LogP contribution in [0.3, 0.4) is 0 Å². The number of unbranched alkanes of at least 4 members (excludes halogenated alkanes) is 14. The van der Waals surface area contributed by atoms with Gasteiger partial charge in [0.2, 0.25) is 5.91 Å². The number of nitrogens with one attached hydrogen (secondary N) is 1. The first-order valence-electron chi connectivity index (χ1n) is 14.4. The van der Waals surface area contributed by atoms with E-state index in [0.717, 1.165) is 19.3 Å². The smallest absolute Gasteiger partial charge is 0.243 e. The molecule has 1 saturated heterocycles. The number of carbonyl (C=O) groups excluding carboxylic acids is 1. The molecule has 37 heavy (non-hydrogen) atoms. The van der Waals surface area contributed by atoms with Crippen LogP contribution in [0.2, 0.25) is 0 Å². The standard InChI is InChI=1S/C27H53NO9/c1-2-3-4-5-6-7-8-9-10-11-12-13-14-15-16-17-23(31)28-35-20-21(18-29)36-27-26(34)25(33)24(32)22(19-30)37-27/h21-22,24-27,29-30,32-34H,2-20H2,1H3,(H,28,31)/t21?,22-,24-,25+,26-,27-/m1/s1. The van der Waals surface area contributed by atoms with Crippen LogP contribution in [-0.2, 0) is 19.1 Å². The number of rotatable bonds is 23. The number of hydrogen-bond acceptors (Lipinski definition) is 9. The molecule has 0 radical (unpaired) electrons. The second-order valence-corrected chi connectivity index (χ2v) is 10.2. The van der Waals surface area contributed by atoms with Gasteiger partial charge in [-0.2, -0.15) is 0 Å². The Bertz CT molecular complexity index is 552. The number of aliphatic hydroxyl groups is 5. The fraction of sp³-hybridized carbons (Fsp3) is 0.963. The van der Waals surface area contributed by atoms with Crippen molar-refractivity contribution in [2.45, 2.75) is 146 Å². The van der Waals surface area contributed by atoms with Crippen molar-refractivity contribution in [3.05, 3.63) is 0 Å². The maximum Gasteiger partial charge on any atom is 0.243 e. The van der Waals surface area contributed by atoms with E-state index in [1.54, 1.807) is 0 Å².